The molecule has 6 nitrogen and oxygen atoms in total. The van der Waals surface area contributed by atoms with Crippen LogP contribution in [0.5, 0.6) is 0 Å². The van der Waals surface area contributed by atoms with E-state index in [4.69, 9.17) is 5.73 Å². The summed E-state index contributed by atoms with van der Waals surface area (Å²) in [5.74, 6) is -0.0306. The van der Waals surface area contributed by atoms with Gasteiger partial charge in [0.15, 0.2) is 0 Å². The van der Waals surface area contributed by atoms with E-state index in [9.17, 15) is 4.39 Å². The molecule has 7 heteroatoms. The molecule has 2 heterocycles. The molecule has 3 aromatic rings. The van der Waals surface area contributed by atoms with Crippen molar-refractivity contribution in [2.75, 3.05) is 5.73 Å². The molecule has 0 aliphatic rings. The Morgan fingerprint density at radius 3 is 2.78 bits per heavy atom. The number of anilines is 1. The van der Waals surface area contributed by atoms with Crippen molar-refractivity contribution in [1.29, 1.82) is 0 Å². The fourth-order valence-corrected chi connectivity index (χ4v) is 1.68. The lowest BCUT2D eigenvalue weighted by atomic mass is 10.1. The van der Waals surface area contributed by atoms with E-state index in [-0.39, 0.29) is 0 Å². The number of nitrogens with two attached hydrogens (primary N) is 1. The molecular formula is C11H9FN6. The standard InChI is InChI=1S/C11H9FN6/c12-8-3-7(9-4-11(13)17-16-9)1-2-10(8)18-6-14-5-15-18/h1-6H,(H3,13,16,17). The number of nitrogens with one attached hydrogen (secondary N) is 1. The van der Waals surface area contributed by atoms with E-state index in [1.165, 1.54) is 23.4 Å². The SMILES string of the molecule is Nc1cc(-c2ccc(-n3cncn3)c(F)c2)[nH]n1. The zero-order valence-corrected chi connectivity index (χ0v) is 9.21. The van der Waals surface area contributed by atoms with Crippen molar-refractivity contribution in [2.45, 2.75) is 0 Å². The largest absolute Gasteiger partial charge is 0.382 e. The summed E-state index contributed by atoms with van der Waals surface area (Å²) in [5.41, 5.74) is 7.17. The molecule has 0 saturated carbocycles. The number of rotatable bonds is 2. The first-order valence-electron chi connectivity index (χ1n) is 5.20. The molecule has 3 N–H and O–H groups in total. The average Bonchev–Trinajstić information content (AvgIpc) is 2.99. The normalized spacial score (nSPS) is 10.7. The highest BCUT2D eigenvalue weighted by Crippen LogP contribution is 2.22. The van der Waals surface area contributed by atoms with Gasteiger partial charge in [-0.25, -0.2) is 14.1 Å². The summed E-state index contributed by atoms with van der Waals surface area (Å²) in [6, 6.07) is 6.41. The summed E-state index contributed by atoms with van der Waals surface area (Å²) in [5, 5.41) is 10.4. The Morgan fingerprint density at radius 1 is 1.28 bits per heavy atom. The molecule has 0 atom stereocenters. The molecule has 1 aromatic carbocycles. The van der Waals surface area contributed by atoms with Crippen LogP contribution in [-0.2, 0) is 0 Å². The van der Waals surface area contributed by atoms with Crippen molar-refractivity contribution < 1.29 is 4.39 Å². The second-order valence-electron chi connectivity index (χ2n) is 3.71. The van der Waals surface area contributed by atoms with E-state index in [1.54, 1.807) is 18.2 Å². The number of benzene rings is 1. The molecule has 0 saturated heterocycles. The van der Waals surface area contributed by atoms with E-state index in [0.717, 1.165) is 0 Å². The summed E-state index contributed by atoms with van der Waals surface area (Å²) in [7, 11) is 0. The molecule has 0 unspecified atom stereocenters. The molecule has 0 amide bonds. The first-order valence-corrected chi connectivity index (χ1v) is 5.20. The van der Waals surface area contributed by atoms with Crippen LogP contribution in [0.15, 0.2) is 36.9 Å². The predicted molar refractivity (Wildman–Crippen MR) is 63.3 cm³/mol. The lowest BCUT2D eigenvalue weighted by Crippen LogP contribution is -1.98. The van der Waals surface area contributed by atoms with Crippen LogP contribution in [0.3, 0.4) is 0 Å². The van der Waals surface area contributed by atoms with E-state index in [1.807, 2.05) is 0 Å². The van der Waals surface area contributed by atoms with E-state index in [2.05, 4.69) is 20.3 Å². The highest BCUT2D eigenvalue weighted by atomic mass is 19.1. The van der Waals surface area contributed by atoms with Gasteiger partial charge in [-0.05, 0) is 12.1 Å². The quantitative estimate of drug-likeness (QED) is 0.713. The van der Waals surface area contributed by atoms with Gasteiger partial charge in [0.05, 0.1) is 5.69 Å². The summed E-state index contributed by atoms with van der Waals surface area (Å²) < 4.78 is 15.3. The third kappa shape index (κ3) is 1.71. The van der Waals surface area contributed by atoms with Crippen molar-refractivity contribution in [1.82, 2.24) is 25.0 Å². The summed E-state index contributed by atoms with van der Waals surface area (Å²) in [6.45, 7) is 0. The Balaban J connectivity index is 2.04. The van der Waals surface area contributed by atoms with Gasteiger partial charge in [-0.3, -0.25) is 5.10 Å². The fraction of sp³-hybridized carbons (Fsp3) is 0. The lowest BCUT2D eigenvalue weighted by molar-refractivity contribution is 0.611. The number of hydrogen-bond donors (Lipinski definition) is 2. The van der Waals surface area contributed by atoms with Crippen molar-refractivity contribution in [2.24, 2.45) is 0 Å². The van der Waals surface area contributed by atoms with Gasteiger partial charge in [-0.15, -0.1) is 0 Å². The lowest BCUT2D eigenvalue weighted by Gasteiger charge is -2.04. The van der Waals surface area contributed by atoms with Gasteiger partial charge in [-0.2, -0.15) is 10.2 Å². The minimum absolute atomic E-state index is 0.337. The number of nitrogen functional groups attached to an aromatic ring is 1. The second kappa shape index (κ2) is 3.95. The van der Waals surface area contributed by atoms with Crippen molar-refractivity contribution >= 4 is 5.82 Å². The minimum Gasteiger partial charge on any atom is -0.382 e. The maximum absolute atomic E-state index is 14.0. The molecule has 90 valence electrons. The number of aromatic amines is 1. The van der Waals surface area contributed by atoms with Gasteiger partial charge in [-0.1, -0.05) is 6.07 Å². The molecule has 0 bridgehead atoms. The summed E-state index contributed by atoms with van der Waals surface area (Å²) in [4.78, 5) is 3.78. The van der Waals surface area contributed by atoms with Gasteiger partial charge in [0.1, 0.15) is 30.0 Å². The van der Waals surface area contributed by atoms with Crippen molar-refractivity contribution in [3.63, 3.8) is 0 Å². The number of H-pyrrole nitrogens is 1. The highest BCUT2D eigenvalue weighted by Gasteiger charge is 2.08. The third-order valence-corrected chi connectivity index (χ3v) is 2.52. The summed E-state index contributed by atoms with van der Waals surface area (Å²) in [6.07, 6.45) is 2.79. The van der Waals surface area contributed by atoms with E-state index >= 15 is 0 Å². The van der Waals surface area contributed by atoms with Crippen LogP contribution >= 0.6 is 0 Å². The fourth-order valence-electron chi connectivity index (χ4n) is 1.68. The zero-order valence-electron chi connectivity index (χ0n) is 9.21. The number of nitrogens with zero attached hydrogens (tertiary/aromatic N) is 4. The number of halogens is 1. The average molecular weight is 244 g/mol. The third-order valence-electron chi connectivity index (χ3n) is 2.52. The molecular weight excluding hydrogens is 235 g/mol. The van der Waals surface area contributed by atoms with Gasteiger partial charge in [0, 0.05) is 11.6 Å². The Morgan fingerprint density at radius 2 is 2.17 bits per heavy atom. The van der Waals surface area contributed by atoms with Crippen LogP contribution < -0.4 is 5.73 Å². The van der Waals surface area contributed by atoms with Crippen LogP contribution in [0.1, 0.15) is 0 Å². The van der Waals surface area contributed by atoms with Crippen LogP contribution in [0.25, 0.3) is 16.9 Å². The zero-order chi connectivity index (χ0) is 12.5. The second-order valence-corrected chi connectivity index (χ2v) is 3.71. The molecule has 0 radical (unpaired) electrons. The van der Waals surface area contributed by atoms with E-state index in [0.29, 0.717) is 22.8 Å². The Hall–Kier alpha value is -2.70. The Labute approximate surface area is 101 Å². The van der Waals surface area contributed by atoms with Crippen molar-refractivity contribution in [3.05, 3.63) is 42.7 Å². The Bertz CT molecular complexity index is 673. The van der Waals surface area contributed by atoms with Gasteiger partial charge >= 0.3 is 0 Å². The molecule has 0 aliphatic heterocycles. The van der Waals surface area contributed by atoms with Crippen LogP contribution in [0.4, 0.5) is 10.2 Å². The molecule has 3 rings (SSSR count). The Kier molecular flexibility index (Phi) is 2.30. The maximum atomic E-state index is 14.0. The maximum Gasteiger partial charge on any atom is 0.149 e. The minimum atomic E-state index is -0.397. The molecule has 2 aromatic heterocycles. The molecule has 18 heavy (non-hydrogen) atoms. The topological polar surface area (TPSA) is 85.4 Å². The first-order chi connectivity index (χ1) is 8.74. The highest BCUT2D eigenvalue weighted by molar-refractivity contribution is 5.63. The predicted octanol–water partition coefficient (Wildman–Crippen LogP) is 1.38. The number of aromatic nitrogens is 5. The monoisotopic (exact) mass is 244 g/mol. The van der Waals surface area contributed by atoms with Gasteiger partial charge < -0.3 is 5.73 Å². The van der Waals surface area contributed by atoms with Crippen LogP contribution in [0.2, 0.25) is 0 Å². The van der Waals surface area contributed by atoms with Crippen LogP contribution in [-0.4, -0.2) is 25.0 Å². The van der Waals surface area contributed by atoms with E-state index < -0.39 is 5.82 Å². The van der Waals surface area contributed by atoms with Gasteiger partial charge in [0.2, 0.25) is 0 Å². The van der Waals surface area contributed by atoms with Crippen LogP contribution in [0, 0.1) is 5.82 Å². The van der Waals surface area contributed by atoms with Crippen molar-refractivity contribution in [3.8, 4) is 16.9 Å². The summed E-state index contributed by atoms with van der Waals surface area (Å²) >= 11 is 0. The molecule has 0 aliphatic carbocycles. The van der Waals surface area contributed by atoms with Gasteiger partial charge in [0.25, 0.3) is 0 Å². The first kappa shape index (κ1) is 10.5. The number of hydrogen-bond acceptors (Lipinski definition) is 4. The molecule has 0 fully saturated rings. The smallest absolute Gasteiger partial charge is 0.149 e. The molecule has 0 spiro atoms.